The average molecular weight is 328 g/mol. The molecule has 0 aromatic carbocycles. The largest absolute Gasteiger partial charge is 0.352 e. The molecule has 7 heteroatoms. The highest BCUT2D eigenvalue weighted by atomic mass is 16.2. The van der Waals surface area contributed by atoms with Crippen LogP contribution in [0.1, 0.15) is 31.9 Å². The number of carbonyl (C=O) groups excluding carboxylic acids is 1. The number of amides is 1. The molecular formula is C17H24N6O. The normalized spacial score (nSPS) is 14.9. The molecule has 0 atom stereocenters. The summed E-state index contributed by atoms with van der Waals surface area (Å²) in [4.78, 5) is 16.2. The summed E-state index contributed by atoms with van der Waals surface area (Å²) in [5.41, 5.74) is 0.949. The lowest BCUT2D eigenvalue weighted by Gasteiger charge is -2.35. The molecule has 24 heavy (non-hydrogen) atoms. The molecule has 1 aliphatic rings. The van der Waals surface area contributed by atoms with E-state index in [2.05, 4.69) is 27.1 Å². The Morgan fingerprint density at radius 1 is 1.08 bits per heavy atom. The van der Waals surface area contributed by atoms with Crippen molar-refractivity contribution in [1.29, 1.82) is 0 Å². The lowest BCUT2D eigenvalue weighted by Crippen LogP contribution is -2.49. The van der Waals surface area contributed by atoms with Crippen molar-refractivity contribution in [2.24, 2.45) is 0 Å². The van der Waals surface area contributed by atoms with Crippen molar-refractivity contribution in [2.75, 3.05) is 31.1 Å². The summed E-state index contributed by atoms with van der Waals surface area (Å²) in [5.74, 6) is 1.83. The molecule has 0 unspecified atom stereocenters. The molecule has 0 N–H and O–H groups in total. The van der Waals surface area contributed by atoms with Crippen molar-refractivity contribution < 1.29 is 4.79 Å². The van der Waals surface area contributed by atoms with E-state index in [1.165, 1.54) is 0 Å². The molecule has 0 aliphatic carbocycles. The van der Waals surface area contributed by atoms with Crippen molar-refractivity contribution in [3.63, 3.8) is 0 Å². The van der Waals surface area contributed by atoms with Crippen LogP contribution >= 0.6 is 0 Å². The number of aryl methyl sites for hydroxylation is 1. The molecule has 1 amide bonds. The van der Waals surface area contributed by atoms with Crippen LogP contribution in [0.15, 0.2) is 24.4 Å². The molecule has 2 aromatic heterocycles. The Morgan fingerprint density at radius 3 is 2.38 bits per heavy atom. The maximum absolute atomic E-state index is 12.1. The smallest absolute Gasteiger partial charge is 0.222 e. The van der Waals surface area contributed by atoms with Gasteiger partial charge in [-0.25, -0.2) is 4.68 Å². The molecule has 0 saturated carbocycles. The van der Waals surface area contributed by atoms with Crippen molar-refractivity contribution in [2.45, 2.75) is 33.1 Å². The van der Waals surface area contributed by atoms with Gasteiger partial charge in [-0.3, -0.25) is 4.79 Å². The van der Waals surface area contributed by atoms with Crippen molar-refractivity contribution >= 4 is 11.7 Å². The predicted molar refractivity (Wildman–Crippen MR) is 92.2 cm³/mol. The van der Waals surface area contributed by atoms with Crippen LogP contribution in [-0.4, -0.2) is 57.0 Å². The van der Waals surface area contributed by atoms with Gasteiger partial charge in [0.15, 0.2) is 11.6 Å². The van der Waals surface area contributed by atoms with Gasteiger partial charge in [0.2, 0.25) is 5.91 Å². The first-order valence-corrected chi connectivity index (χ1v) is 8.56. The molecule has 3 heterocycles. The van der Waals surface area contributed by atoms with E-state index in [9.17, 15) is 4.79 Å². The Balaban J connectivity index is 1.57. The highest BCUT2D eigenvalue weighted by Crippen LogP contribution is 2.15. The van der Waals surface area contributed by atoms with Crippen LogP contribution < -0.4 is 4.90 Å². The van der Waals surface area contributed by atoms with Crippen molar-refractivity contribution in [3.8, 4) is 5.82 Å². The topological polar surface area (TPSA) is 67.2 Å². The molecule has 1 fully saturated rings. The number of anilines is 1. The van der Waals surface area contributed by atoms with Gasteiger partial charge in [-0.2, -0.15) is 5.10 Å². The summed E-state index contributed by atoms with van der Waals surface area (Å²) in [6.07, 6.45) is 4.57. The van der Waals surface area contributed by atoms with E-state index in [0.717, 1.165) is 50.5 Å². The Hall–Kier alpha value is -2.44. The van der Waals surface area contributed by atoms with Crippen LogP contribution in [-0.2, 0) is 4.79 Å². The highest BCUT2D eigenvalue weighted by Gasteiger charge is 2.21. The number of unbranched alkanes of at least 4 members (excludes halogenated alkanes) is 1. The van der Waals surface area contributed by atoms with Gasteiger partial charge >= 0.3 is 0 Å². The van der Waals surface area contributed by atoms with Crippen molar-refractivity contribution in [1.82, 2.24) is 24.9 Å². The van der Waals surface area contributed by atoms with E-state index in [0.29, 0.717) is 12.2 Å². The van der Waals surface area contributed by atoms with Crippen LogP contribution in [0.25, 0.3) is 5.82 Å². The van der Waals surface area contributed by atoms with Gasteiger partial charge in [0.05, 0.1) is 5.69 Å². The first-order valence-electron chi connectivity index (χ1n) is 8.56. The fraction of sp³-hybridized carbons (Fsp3) is 0.529. The molecule has 128 valence electrons. The second-order valence-corrected chi connectivity index (χ2v) is 6.12. The zero-order chi connectivity index (χ0) is 16.9. The van der Waals surface area contributed by atoms with Gasteiger partial charge in [0.25, 0.3) is 0 Å². The minimum Gasteiger partial charge on any atom is -0.352 e. The zero-order valence-corrected chi connectivity index (χ0v) is 14.4. The Labute approximate surface area is 142 Å². The molecular weight excluding hydrogens is 304 g/mol. The lowest BCUT2D eigenvalue weighted by molar-refractivity contribution is -0.131. The summed E-state index contributed by atoms with van der Waals surface area (Å²) in [7, 11) is 0. The first kappa shape index (κ1) is 16.4. The molecule has 7 nitrogen and oxygen atoms in total. The highest BCUT2D eigenvalue weighted by molar-refractivity contribution is 5.76. The summed E-state index contributed by atoms with van der Waals surface area (Å²) in [6.45, 7) is 7.16. The standard InChI is InChI=1S/C17H24N6O/c1-3-4-5-17(24)22-12-10-21(11-13-22)15-6-7-16(19-18-15)23-9-8-14(2)20-23/h6-9H,3-5,10-13H2,1-2H3. The number of hydrogen-bond acceptors (Lipinski definition) is 5. The average Bonchev–Trinajstić information content (AvgIpc) is 3.06. The third-order valence-electron chi connectivity index (χ3n) is 4.29. The first-order chi connectivity index (χ1) is 11.7. The van der Waals surface area contributed by atoms with E-state index in [1.54, 1.807) is 4.68 Å². The van der Waals surface area contributed by atoms with Crippen LogP contribution in [0.4, 0.5) is 5.82 Å². The SMILES string of the molecule is CCCCC(=O)N1CCN(c2ccc(-n3ccc(C)n3)nn2)CC1. The number of piperazine rings is 1. The Bertz CT molecular complexity index is 673. The number of hydrogen-bond donors (Lipinski definition) is 0. The summed E-state index contributed by atoms with van der Waals surface area (Å²) in [5, 5.41) is 12.9. The van der Waals surface area contributed by atoms with Crippen molar-refractivity contribution in [3.05, 3.63) is 30.1 Å². The van der Waals surface area contributed by atoms with Gasteiger partial charge < -0.3 is 9.80 Å². The Kier molecular flexibility index (Phi) is 5.08. The van der Waals surface area contributed by atoms with Crippen LogP contribution in [0, 0.1) is 6.92 Å². The van der Waals surface area contributed by atoms with Gasteiger partial charge in [-0.05, 0) is 31.5 Å². The monoisotopic (exact) mass is 328 g/mol. The second-order valence-electron chi connectivity index (χ2n) is 6.12. The maximum atomic E-state index is 12.1. The third kappa shape index (κ3) is 3.72. The molecule has 2 aromatic rings. The molecule has 0 radical (unpaired) electrons. The van der Waals surface area contributed by atoms with E-state index in [1.807, 2.05) is 36.2 Å². The fourth-order valence-corrected chi connectivity index (χ4v) is 2.82. The minimum atomic E-state index is 0.270. The number of carbonyl (C=O) groups is 1. The lowest BCUT2D eigenvalue weighted by atomic mass is 10.2. The van der Waals surface area contributed by atoms with E-state index >= 15 is 0 Å². The second kappa shape index (κ2) is 7.42. The number of aromatic nitrogens is 4. The predicted octanol–water partition coefficient (Wildman–Crippen LogP) is 1.81. The quantitative estimate of drug-likeness (QED) is 0.837. The maximum Gasteiger partial charge on any atom is 0.222 e. The summed E-state index contributed by atoms with van der Waals surface area (Å²) in [6, 6.07) is 5.83. The third-order valence-corrected chi connectivity index (χ3v) is 4.29. The van der Waals surface area contributed by atoms with Crippen LogP contribution in [0.5, 0.6) is 0 Å². The van der Waals surface area contributed by atoms with E-state index in [-0.39, 0.29) is 5.91 Å². The summed E-state index contributed by atoms with van der Waals surface area (Å²) >= 11 is 0. The van der Waals surface area contributed by atoms with E-state index in [4.69, 9.17) is 0 Å². The van der Waals surface area contributed by atoms with Gasteiger partial charge in [0.1, 0.15) is 0 Å². The van der Waals surface area contributed by atoms with E-state index < -0.39 is 0 Å². The van der Waals surface area contributed by atoms with Crippen LogP contribution in [0.3, 0.4) is 0 Å². The summed E-state index contributed by atoms with van der Waals surface area (Å²) < 4.78 is 1.72. The Morgan fingerprint density at radius 2 is 1.79 bits per heavy atom. The molecule has 0 bridgehead atoms. The number of rotatable bonds is 5. The fourth-order valence-electron chi connectivity index (χ4n) is 2.82. The molecule has 0 spiro atoms. The van der Waals surface area contributed by atoms with Crippen LogP contribution in [0.2, 0.25) is 0 Å². The zero-order valence-electron chi connectivity index (χ0n) is 14.4. The van der Waals surface area contributed by atoms with Gasteiger partial charge in [0, 0.05) is 38.8 Å². The number of nitrogens with zero attached hydrogens (tertiary/aromatic N) is 6. The molecule has 3 rings (SSSR count). The molecule has 1 aliphatic heterocycles. The van der Waals surface area contributed by atoms with Gasteiger partial charge in [-0.1, -0.05) is 13.3 Å². The van der Waals surface area contributed by atoms with Gasteiger partial charge in [-0.15, -0.1) is 10.2 Å². The minimum absolute atomic E-state index is 0.270. The molecule has 1 saturated heterocycles.